The first-order chi connectivity index (χ1) is 16.8. The molecule has 1 amide bonds. The molecule has 0 spiro atoms. The average molecular weight is 497 g/mol. The number of nitrogens with zero attached hydrogens (tertiary/aromatic N) is 1. The number of benzene rings is 2. The summed E-state index contributed by atoms with van der Waals surface area (Å²) in [6.45, 7) is 7.00. The SMILES string of the molecule is CCCN1CC(Cc2cccc(C)c2)OSC/C=C(\C(=O)/C(O)=C\NC)C1=O.Cc1ccccc1. The van der Waals surface area contributed by atoms with E-state index in [1.165, 1.54) is 35.4 Å². The minimum Gasteiger partial charge on any atom is -0.503 e. The zero-order valence-electron chi connectivity index (χ0n) is 21.0. The first-order valence-corrected chi connectivity index (χ1v) is 12.7. The molecule has 0 fully saturated rings. The fourth-order valence-corrected chi connectivity index (χ4v) is 4.23. The summed E-state index contributed by atoms with van der Waals surface area (Å²) < 4.78 is 5.95. The van der Waals surface area contributed by atoms with Gasteiger partial charge >= 0.3 is 0 Å². The molecule has 2 aromatic rings. The minimum atomic E-state index is -0.682. The van der Waals surface area contributed by atoms with Crippen LogP contribution in [0.25, 0.3) is 0 Å². The van der Waals surface area contributed by atoms with Crippen LogP contribution in [-0.2, 0) is 20.2 Å². The number of hydrogen-bond donors (Lipinski definition) is 2. The number of rotatable bonds is 7. The van der Waals surface area contributed by atoms with Crippen molar-refractivity contribution in [3.05, 3.63) is 94.9 Å². The highest BCUT2D eigenvalue weighted by Crippen LogP contribution is 2.20. The van der Waals surface area contributed by atoms with Crippen molar-refractivity contribution in [2.75, 3.05) is 25.9 Å². The van der Waals surface area contributed by atoms with Crippen molar-refractivity contribution in [1.29, 1.82) is 0 Å². The van der Waals surface area contributed by atoms with Crippen LogP contribution in [0.1, 0.15) is 30.0 Å². The number of allylic oxidation sites excluding steroid dienone is 1. The van der Waals surface area contributed by atoms with Gasteiger partial charge in [-0.25, -0.2) is 0 Å². The van der Waals surface area contributed by atoms with Crippen LogP contribution in [0.15, 0.2) is 78.2 Å². The molecule has 1 aliphatic rings. The lowest BCUT2D eigenvalue weighted by Gasteiger charge is -2.27. The highest BCUT2D eigenvalue weighted by atomic mass is 32.2. The number of ketones is 1. The van der Waals surface area contributed by atoms with Gasteiger partial charge in [0.15, 0.2) is 5.76 Å². The van der Waals surface area contributed by atoms with Crippen LogP contribution >= 0.6 is 12.0 Å². The van der Waals surface area contributed by atoms with E-state index < -0.39 is 11.5 Å². The number of aryl methyl sites for hydroxylation is 2. The van der Waals surface area contributed by atoms with E-state index in [1.807, 2.05) is 50.2 Å². The van der Waals surface area contributed by atoms with E-state index in [4.69, 9.17) is 4.18 Å². The number of aliphatic hydroxyl groups is 1. The molecule has 0 saturated carbocycles. The number of amides is 1. The minimum absolute atomic E-state index is 0.0234. The van der Waals surface area contributed by atoms with E-state index >= 15 is 0 Å². The van der Waals surface area contributed by atoms with E-state index in [1.54, 1.807) is 11.9 Å². The molecular weight excluding hydrogens is 460 g/mol. The maximum Gasteiger partial charge on any atom is 0.257 e. The largest absolute Gasteiger partial charge is 0.503 e. The van der Waals surface area contributed by atoms with Gasteiger partial charge in [0.05, 0.1) is 11.7 Å². The van der Waals surface area contributed by atoms with E-state index in [9.17, 15) is 14.7 Å². The van der Waals surface area contributed by atoms with Gasteiger partial charge in [0.2, 0.25) is 5.78 Å². The predicted octanol–water partition coefficient (Wildman–Crippen LogP) is 4.93. The van der Waals surface area contributed by atoms with E-state index in [0.29, 0.717) is 25.3 Å². The first-order valence-electron chi connectivity index (χ1n) is 11.8. The summed E-state index contributed by atoms with van der Waals surface area (Å²) in [6.07, 6.45) is 3.96. The Morgan fingerprint density at radius 2 is 1.89 bits per heavy atom. The molecule has 0 radical (unpaired) electrons. The van der Waals surface area contributed by atoms with Crippen molar-refractivity contribution >= 4 is 23.7 Å². The summed E-state index contributed by atoms with van der Waals surface area (Å²) >= 11 is 1.22. The second kappa shape index (κ2) is 15.1. The molecule has 6 nitrogen and oxygen atoms in total. The fourth-order valence-electron chi connectivity index (χ4n) is 3.60. The topological polar surface area (TPSA) is 78.9 Å². The van der Waals surface area contributed by atoms with Crippen LogP contribution in [0.4, 0.5) is 0 Å². The van der Waals surface area contributed by atoms with Crippen molar-refractivity contribution in [3.63, 3.8) is 0 Å². The van der Waals surface area contributed by atoms with Crippen molar-refractivity contribution < 1.29 is 18.9 Å². The third kappa shape index (κ3) is 9.62. The van der Waals surface area contributed by atoms with Gasteiger partial charge in [-0.2, -0.15) is 0 Å². The maximum atomic E-state index is 13.1. The van der Waals surface area contributed by atoms with Crippen molar-refractivity contribution in [2.24, 2.45) is 0 Å². The number of carbonyl (C=O) groups is 2. The average Bonchev–Trinajstić information content (AvgIpc) is 2.90. The highest BCUT2D eigenvalue weighted by Gasteiger charge is 2.29. The van der Waals surface area contributed by atoms with Gasteiger partial charge in [-0.15, -0.1) is 0 Å². The Labute approximate surface area is 213 Å². The molecule has 2 aromatic carbocycles. The lowest BCUT2D eigenvalue weighted by atomic mass is 10.0. The lowest BCUT2D eigenvalue weighted by Crippen LogP contribution is -2.41. The van der Waals surface area contributed by atoms with Crippen molar-refractivity contribution in [1.82, 2.24) is 10.2 Å². The second-order valence-corrected chi connectivity index (χ2v) is 9.13. The quantitative estimate of drug-likeness (QED) is 0.245. The Bertz CT molecular complexity index is 1020. The molecule has 1 heterocycles. The lowest BCUT2D eigenvalue weighted by molar-refractivity contribution is -0.130. The fraction of sp³-hybridized carbons (Fsp3) is 0.357. The third-order valence-corrected chi connectivity index (χ3v) is 5.95. The zero-order chi connectivity index (χ0) is 25.6. The number of nitrogens with one attached hydrogen (secondary N) is 1. The third-order valence-electron chi connectivity index (χ3n) is 5.24. The summed E-state index contributed by atoms with van der Waals surface area (Å²) in [6, 6.07) is 18.5. The van der Waals surface area contributed by atoms with Crippen molar-refractivity contribution in [2.45, 2.75) is 39.7 Å². The van der Waals surface area contributed by atoms with E-state index in [2.05, 4.69) is 30.4 Å². The van der Waals surface area contributed by atoms with Gasteiger partial charge in [0, 0.05) is 38.5 Å². The molecule has 0 bridgehead atoms. The van der Waals surface area contributed by atoms with Gasteiger partial charge in [-0.3, -0.25) is 9.59 Å². The molecule has 188 valence electrons. The van der Waals surface area contributed by atoms with E-state index in [0.717, 1.165) is 12.0 Å². The highest BCUT2D eigenvalue weighted by molar-refractivity contribution is 7.94. The number of hydrogen-bond acceptors (Lipinski definition) is 6. The zero-order valence-corrected chi connectivity index (χ0v) is 21.8. The normalized spacial score (nSPS) is 18.2. The van der Waals surface area contributed by atoms with Gasteiger partial charge in [-0.1, -0.05) is 78.7 Å². The monoisotopic (exact) mass is 496 g/mol. The van der Waals surface area contributed by atoms with Crippen LogP contribution < -0.4 is 5.32 Å². The predicted molar refractivity (Wildman–Crippen MR) is 143 cm³/mol. The summed E-state index contributed by atoms with van der Waals surface area (Å²) in [4.78, 5) is 27.2. The van der Waals surface area contributed by atoms with Crippen LogP contribution in [0.3, 0.4) is 0 Å². The summed E-state index contributed by atoms with van der Waals surface area (Å²) in [5, 5.41) is 12.5. The molecule has 2 N–H and O–H groups in total. The van der Waals surface area contributed by atoms with Gasteiger partial charge < -0.3 is 19.5 Å². The molecule has 1 aliphatic heterocycles. The van der Waals surface area contributed by atoms with E-state index in [-0.39, 0.29) is 17.6 Å². The van der Waals surface area contributed by atoms with Crippen LogP contribution in [0.2, 0.25) is 0 Å². The standard InChI is InChI=1S/C21H28N2O4S.C7H8/c1-4-9-23-14-17(12-16-7-5-6-15(2)11-16)27-28-10-8-18(21(23)26)20(25)19(24)13-22-3;1-7-5-3-2-4-6-7/h5-8,11,13,17,22,24H,4,9-10,12,14H2,1-3H3;2-6H,1H3/b18-8+,19-13+;. The second-order valence-electron chi connectivity index (χ2n) is 8.37. The van der Waals surface area contributed by atoms with Gasteiger partial charge in [0.1, 0.15) is 0 Å². The maximum absolute atomic E-state index is 13.1. The molecule has 0 saturated heterocycles. The van der Waals surface area contributed by atoms with Gasteiger partial charge in [0.25, 0.3) is 5.91 Å². The molecule has 0 aromatic heterocycles. The molecule has 1 atom stereocenters. The molecule has 7 heteroatoms. The smallest absolute Gasteiger partial charge is 0.257 e. The van der Waals surface area contributed by atoms with Gasteiger partial charge in [-0.05, 0) is 37.9 Å². The molecule has 1 unspecified atom stereocenters. The van der Waals surface area contributed by atoms with Crippen LogP contribution in [0, 0.1) is 13.8 Å². The number of aliphatic hydroxyl groups excluding tert-OH is 1. The molecule has 35 heavy (non-hydrogen) atoms. The summed E-state index contributed by atoms with van der Waals surface area (Å²) in [5.74, 6) is -1.19. The van der Waals surface area contributed by atoms with Crippen LogP contribution in [-0.4, -0.2) is 53.7 Å². The summed E-state index contributed by atoms with van der Waals surface area (Å²) in [7, 11) is 1.58. The Morgan fingerprint density at radius 3 is 2.49 bits per heavy atom. The Morgan fingerprint density at radius 1 is 1.17 bits per heavy atom. The first kappa shape index (κ1) is 28.2. The Kier molecular flexibility index (Phi) is 12.1. The summed E-state index contributed by atoms with van der Waals surface area (Å²) in [5.41, 5.74) is 3.62. The van der Waals surface area contributed by atoms with Crippen molar-refractivity contribution in [3.8, 4) is 0 Å². The number of Topliss-reactive ketones (excluding diaryl/α,β-unsaturated/α-hetero) is 1. The molecule has 0 aliphatic carbocycles. The molecular formula is C28H36N2O4S. The van der Waals surface area contributed by atoms with Crippen LogP contribution in [0.5, 0.6) is 0 Å². The number of carbonyl (C=O) groups excluding carboxylic acids is 2. The molecule has 3 rings (SSSR count). The Balaban J connectivity index is 0.000000527. The Hall–Kier alpha value is -3.03.